The van der Waals surface area contributed by atoms with E-state index >= 15 is 0 Å². The van der Waals surface area contributed by atoms with Crippen molar-refractivity contribution in [2.75, 3.05) is 6.61 Å². The molecule has 0 spiro atoms. The Balaban J connectivity index is 4.57. The number of aliphatic hydroxyl groups excluding tert-OH is 2. The van der Waals surface area contributed by atoms with E-state index in [9.17, 15) is 19.8 Å². The zero-order valence-electron chi connectivity index (χ0n) is 44.8. The van der Waals surface area contributed by atoms with Crippen LogP contribution in [-0.2, 0) is 14.3 Å². The van der Waals surface area contributed by atoms with Crippen LogP contribution in [0.5, 0.6) is 0 Å². The Morgan fingerprint density at radius 2 is 0.761 bits per heavy atom. The Labute approximate surface area is 416 Å². The van der Waals surface area contributed by atoms with Gasteiger partial charge in [-0.05, 0) is 89.9 Å². The molecule has 3 unspecified atom stereocenters. The molecule has 1 amide bonds. The van der Waals surface area contributed by atoms with Crippen molar-refractivity contribution in [1.82, 2.24) is 5.32 Å². The molecule has 0 aromatic heterocycles. The van der Waals surface area contributed by atoms with Gasteiger partial charge >= 0.3 is 5.97 Å². The molecule has 3 atom stereocenters. The average molecular weight is 941 g/mol. The van der Waals surface area contributed by atoms with E-state index in [0.717, 1.165) is 83.5 Å². The van der Waals surface area contributed by atoms with Gasteiger partial charge < -0.3 is 20.3 Å². The number of ether oxygens (including phenoxy) is 1. The first-order valence-electron chi connectivity index (χ1n) is 29.4. The monoisotopic (exact) mass is 940 g/mol. The molecule has 0 aromatic rings. The van der Waals surface area contributed by atoms with Crippen LogP contribution in [-0.4, -0.2) is 46.9 Å². The summed E-state index contributed by atoms with van der Waals surface area (Å²) in [6.45, 7) is 6.48. The van der Waals surface area contributed by atoms with Gasteiger partial charge in [-0.3, -0.25) is 9.59 Å². The minimum Gasteiger partial charge on any atom is -0.462 e. The van der Waals surface area contributed by atoms with Crippen molar-refractivity contribution in [3.05, 3.63) is 48.6 Å². The number of hydrogen-bond acceptors (Lipinski definition) is 5. The third-order valence-electron chi connectivity index (χ3n) is 13.4. The third kappa shape index (κ3) is 50.0. The number of hydrogen-bond donors (Lipinski definition) is 3. The lowest BCUT2D eigenvalue weighted by atomic mass is 10.0. The molecule has 0 heterocycles. The van der Waals surface area contributed by atoms with Gasteiger partial charge in [0.15, 0.2) is 0 Å². The van der Waals surface area contributed by atoms with Crippen molar-refractivity contribution >= 4 is 11.9 Å². The van der Waals surface area contributed by atoms with E-state index in [1.54, 1.807) is 0 Å². The molecule has 0 aromatic carbocycles. The number of carbonyl (C=O) groups is 2. The number of nitrogens with one attached hydrogen (secondary N) is 1. The molecular weight excluding hydrogens is 827 g/mol. The van der Waals surface area contributed by atoms with E-state index in [4.69, 9.17) is 4.74 Å². The molecule has 0 fully saturated rings. The van der Waals surface area contributed by atoms with Crippen molar-refractivity contribution in [3.63, 3.8) is 0 Å². The lowest BCUT2D eigenvalue weighted by molar-refractivity contribution is -0.151. The van der Waals surface area contributed by atoms with Crippen LogP contribution >= 0.6 is 0 Å². The molecule has 0 rings (SSSR count). The smallest absolute Gasteiger partial charge is 0.306 e. The molecular formula is C61H113NO5. The van der Waals surface area contributed by atoms with Crippen LogP contribution in [0.25, 0.3) is 0 Å². The molecule has 392 valence electrons. The molecule has 6 nitrogen and oxygen atoms in total. The number of allylic oxidation sites excluding steroid dienone is 8. The van der Waals surface area contributed by atoms with Crippen LogP contribution in [0.3, 0.4) is 0 Å². The molecule has 67 heavy (non-hydrogen) atoms. The van der Waals surface area contributed by atoms with Crippen molar-refractivity contribution in [3.8, 4) is 0 Å². The summed E-state index contributed by atoms with van der Waals surface area (Å²) in [5.41, 5.74) is 0. The maximum Gasteiger partial charge on any atom is 0.306 e. The highest BCUT2D eigenvalue weighted by atomic mass is 16.5. The van der Waals surface area contributed by atoms with Gasteiger partial charge in [0.05, 0.1) is 25.2 Å². The maximum absolute atomic E-state index is 13.3. The molecule has 6 heteroatoms. The Hall–Kier alpha value is -2.18. The standard InChI is InChI=1S/C61H113NO5/c1-4-7-10-13-16-19-22-25-28-29-30-31-33-36-39-42-45-48-51-54-61(66)67-57(52-49-46-43-40-37-34-32-26-23-20-17-14-11-8-5-2)55-60(65)62-58(56-63)59(64)53-50-47-44-41-38-35-27-24-21-18-15-12-9-6-3/h16,19,25-26,28,30-32,57-59,63-64H,4-15,17-18,20-24,27,29,33-56H2,1-3H3,(H,62,65)/b19-16-,28-25-,31-30-,32-26+. The van der Waals surface area contributed by atoms with E-state index in [1.807, 2.05) is 0 Å². The molecule has 0 aliphatic carbocycles. The lowest BCUT2D eigenvalue weighted by Gasteiger charge is -2.24. The van der Waals surface area contributed by atoms with Gasteiger partial charge in [-0.15, -0.1) is 0 Å². The fourth-order valence-corrected chi connectivity index (χ4v) is 8.90. The summed E-state index contributed by atoms with van der Waals surface area (Å²) in [6.07, 6.45) is 67.4. The zero-order chi connectivity index (χ0) is 48.8. The van der Waals surface area contributed by atoms with E-state index in [0.29, 0.717) is 19.3 Å². The minimum atomic E-state index is -0.793. The van der Waals surface area contributed by atoms with Gasteiger partial charge in [0.1, 0.15) is 6.10 Å². The predicted octanol–water partition coefficient (Wildman–Crippen LogP) is 18.2. The largest absolute Gasteiger partial charge is 0.462 e. The summed E-state index contributed by atoms with van der Waals surface area (Å²) < 4.78 is 5.96. The van der Waals surface area contributed by atoms with Crippen LogP contribution in [0, 0.1) is 0 Å². The highest BCUT2D eigenvalue weighted by molar-refractivity contribution is 5.77. The fourth-order valence-electron chi connectivity index (χ4n) is 8.90. The van der Waals surface area contributed by atoms with Gasteiger partial charge in [0, 0.05) is 6.42 Å². The van der Waals surface area contributed by atoms with E-state index in [1.165, 1.54) is 173 Å². The van der Waals surface area contributed by atoms with Gasteiger partial charge in [0.25, 0.3) is 0 Å². The molecule has 0 aliphatic heterocycles. The highest BCUT2D eigenvalue weighted by Gasteiger charge is 2.24. The first-order valence-corrected chi connectivity index (χ1v) is 29.4. The van der Waals surface area contributed by atoms with E-state index in [2.05, 4.69) is 74.7 Å². The van der Waals surface area contributed by atoms with E-state index in [-0.39, 0.29) is 24.9 Å². The number of rotatable bonds is 53. The summed E-state index contributed by atoms with van der Waals surface area (Å²) in [5.74, 6) is -0.485. The second-order valence-electron chi connectivity index (χ2n) is 20.0. The molecule has 0 bridgehead atoms. The first kappa shape index (κ1) is 64.8. The number of unbranched alkanes of at least 4 members (excludes halogenated alkanes) is 33. The SMILES string of the molecule is CCCCC/C=C\C/C=C\C/C=C\CCCCCCCCC(=O)OC(CCCCCCC/C=C/CCCCCCCC)CC(=O)NC(CO)C(O)CCCCCCCCCCCCCCCC. The third-order valence-corrected chi connectivity index (χ3v) is 13.4. The van der Waals surface area contributed by atoms with Crippen molar-refractivity contribution in [1.29, 1.82) is 0 Å². The predicted molar refractivity (Wildman–Crippen MR) is 292 cm³/mol. The van der Waals surface area contributed by atoms with Crippen LogP contribution in [0.1, 0.15) is 303 Å². The van der Waals surface area contributed by atoms with Crippen LogP contribution in [0.15, 0.2) is 48.6 Å². The quantitative estimate of drug-likeness (QED) is 0.0321. The summed E-state index contributed by atoms with van der Waals surface area (Å²) in [7, 11) is 0. The van der Waals surface area contributed by atoms with Crippen LogP contribution in [0.2, 0.25) is 0 Å². The van der Waals surface area contributed by atoms with Crippen molar-refractivity contribution in [2.45, 2.75) is 322 Å². The van der Waals surface area contributed by atoms with Gasteiger partial charge in [-0.25, -0.2) is 0 Å². The van der Waals surface area contributed by atoms with Crippen LogP contribution in [0.4, 0.5) is 0 Å². The Kier molecular flexibility index (Phi) is 53.0. The first-order chi connectivity index (χ1) is 33.0. The van der Waals surface area contributed by atoms with Gasteiger partial charge in [0.2, 0.25) is 5.91 Å². The second-order valence-corrected chi connectivity index (χ2v) is 20.0. The maximum atomic E-state index is 13.3. The second kappa shape index (κ2) is 54.8. The molecule has 0 saturated carbocycles. The number of esters is 1. The van der Waals surface area contributed by atoms with Crippen LogP contribution < -0.4 is 5.32 Å². The van der Waals surface area contributed by atoms with Gasteiger partial charge in [-0.2, -0.15) is 0 Å². The summed E-state index contributed by atoms with van der Waals surface area (Å²) >= 11 is 0. The molecule has 0 saturated heterocycles. The van der Waals surface area contributed by atoms with E-state index < -0.39 is 18.2 Å². The van der Waals surface area contributed by atoms with Crippen molar-refractivity contribution < 1.29 is 24.5 Å². The summed E-state index contributed by atoms with van der Waals surface area (Å²) in [4.78, 5) is 26.3. The Morgan fingerprint density at radius 3 is 1.19 bits per heavy atom. The number of carbonyl (C=O) groups excluding carboxylic acids is 2. The molecule has 3 N–H and O–H groups in total. The fraction of sp³-hybridized carbons (Fsp3) is 0.836. The zero-order valence-corrected chi connectivity index (χ0v) is 44.8. The number of amides is 1. The molecule has 0 radical (unpaired) electrons. The van der Waals surface area contributed by atoms with Gasteiger partial charge in [-0.1, -0.05) is 249 Å². The van der Waals surface area contributed by atoms with Crippen molar-refractivity contribution in [2.24, 2.45) is 0 Å². The summed E-state index contributed by atoms with van der Waals surface area (Å²) in [6, 6.07) is -0.707. The Morgan fingerprint density at radius 1 is 0.433 bits per heavy atom. The summed E-state index contributed by atoms with van der Waals surface area (Å²) in [5, 5.41) is 23.9. The number of aliphatic hydroxyl groups is 2. The minimum absolute atomic E-state index is 0.0679. The topological polar surface area (TPSA) is 95.9 Å². The average Bonchev–Trinajstić information content (AvgIpc) is 3.32. The Bertz CT molecular complexity index is 1150. The normalized spacial score (nSPS) is 13.4. The molecule has 0 aliphatic rings. The highest BCUT2D eigenvalue weighted by Crippen LogP contribution is 2.18. The lowest BCUT2D eigenvalue weighted by Crippen LogP contribution is -2.46.